The molecule has 0 aromatic rings. The second-order valence-corrected chi connectivity index (χ2v) is 4.41. The van der Waals surface area contributed by atoms with Crippen LogP contribution in [0.3, 0.4) is 0 Å². The minimum Gasteiger partial charge on any atom is -0.320 e. The van der Waals surface area contributed by atoms with Gasteiger partial charge in [-0.1, -0.05) is 6.92 Å². The lowest BCUT2D eigenvalue weighted by Crippen LogP contribution is -2.31. The normalized spacial score (nSPS) is 26.5. The van der Waals surface area contributed by atoms with Crippen LogP contribution in [0.2, 0.25) is 0 Å². The van der Waals surface area contributed by atoms with Crippen molar-refractivity contribution >= 4 is 0 Å². The monoisotopic (exact) mass is 184 g/mol. The van der Waals surface area contributed by atoms with Crippen LogP contribution >= 0.6 is 0 Å². The van der Waals surface area contributed by atoms with Crippen LogP contribution in [0.25, 0.3) is 0 Å². The summed E-state index contributed by atoms with van der Waals surface area (Å²) in [5, 5.41) is 3.21. The Morgan fingerprint density at radius 2 is 2.31 bits per heavy atom. The third-order valence-electron chi connectivity index (χ3n) is 3.32. The van der Waals surface area contributed by atoms with E-state index in [4.69, 9.17) is 0 Å². The van der Waals surface area contributed by atoms with E-state index >= 15 is 0 Å². The van der Waals surface area contributed by atoms with Gasteiger partial charge in [-0.05, 0) is 58.8 Å². The van der Waals surface area contributed by atoms with Crippen LogP contribution in [-0.4, -0.2) is 38.1 Å². The van der Waals surface area contributed by atoms with Gasteiger partial charge in [0.15, 0.2) is 0 Å². The number of nitrogens with one attached hydrogen (secondary N) is 1. The molecule has 1 N–H and O–H groups in total. The summed E-state index contributed by atoms with van der Waals surface area (Å²) >= 11 is 0. The molecule has 1 fully saturated rings. The van der Waals surface area contributed by atoms with Gasteiger partial charge in [-0.3, -0.25) is 0 Å². The molecule has 0 aromatic carbocycles. The van der Waals surface area contributed by atoms with Crippen LogP contribution in [0, 0.1) is 5.92 Å². The van der Waals surface area contributed by atoms with E-state index in [0.717, 1.165) is 12.0 Å². The van der Waals surface area contributed by atoms with Crippen LogP contribution in [0.4, 0.5) is 0 Å². The first-order valence-electron chi connectivity index (χ1n) is 5.60. The maximum atomic E-state index is 3.21. The van der Waals surface area contributed by atoms with Gasteiger partial charge in [0, 0.05) is 6.04 Å². The molecule has 0 saturated carbocycles. The lowest BCUT2D eigenvalue weighted by molar-refractivity contribution is 0.227. The van der Waals surface area contributed by atoms with Crippen molar-refractivity contribution in [2.45, 2.75) is 38.6 Å². The number of hydrogen-bond donors (Lipinski definition) is 1. The Balaban J connectivity index is 2.18. The zero-order chi connectivity index (χ0) is 9.68. The van der Waals surface area contributed by atoms with Gasteiger partial charge in [0.25, 0.3) is 0 Å². The third-order valence-corrected chi connectivity index (χ3v) is 3.32. The Labute approximate surface area is 82.7 Å². The standard InChI is InChI=1S/C11H24N2/c1-10(6-4-8-12-2)11-7-5-9-13(11)3/h10-12H,4-9H2,1-3H3. The average Bonchev–Trinajstić information content (AvgIpc) is 2.52. The highest BCUT2D eigenvalue weighted by Crippen LogP contribution is 2.24. The summed E-state index contributed by atoms with van der Waals surface area (Å²) < 4.78 is 0. The minimum atomic E-state index is 0.858. The molecule has 1 rings (SSSR count). The predicted molar refractivity (Wildman–Crippen MR) is 58.0 cm³/mol. The van der Waals surface area contributed by atoms with Gasteiger partial charge in [0.1, 0.15) is 0 Å². The number of nitrogens with zero attached hydrogens (tertiary/aromatic N) is 1. The van der Waals surface area contributed by atoms with Gasteiger partial charge < -0.3 is 10.2 Å². The van der Waals surface area contributed by atoms with Crippen molar-refractivity contribution in [3.63, 3.8) is 0 Å². The van der Waals surface area contributed by atoms with E-state index in [1.807, 2.05) is 7.05 Å². The number of likely N-dealkylation sites (tertiary alicyclic amines) is 1. The molecule has 1 aliphatic rings. The molecule has 2 heteroatoms. The minimum absolute atomic E-state index is 0.858. The Morgan fingerprint density at radius 3 is 2.85 bits per heavy atom. The SMILES string of the molecule is CNCCCC(C)C1CCCN1C. The Bertz CT molecular complexity index is 136. The summed E-state index contributed by atoms with van der Waals surface area (Å²) in [6, 6.07) is 0.858. The average molecular weight is 184 g/mol. The lowest BCUT2D eigenvalue weighted by atomic mass is 9.95. The number of rotatable bonds is 5. The molecular weight excluding hydrogens is 160 g/mol. The van der Waals surface area contributed by atoms with E-state index in [1.165, 1.54) is 38.8 Å². The molecule has 2 nitrogen and oxygen atoms in total. The van der Waals surface area contributed by atoms with Gasteiger partial charge in [-0.15, -0.1) is 0 Å². The Hall–Kier alpha value is -0.0800. The van der Waals surface area contributed by atoms with Crippen molar-refractivity contribution in [2.75, 3.05) is 27.2 Å². The molecule has 78 valence electrons. The molecule has 1 aliphatic heterocycles. The third kappa shape index (κ3) is 3.28. The highest BCUT2D eigenvalue weighted by molar-refractivity contribution is 4.80. The van der Waals surface area contributed by atoms with Crippen molar-refractivity contribution in [2.24, 2.45) is 5.92 Å². The molecule has 1 heterocycles. The fourth-order valence-corrected chi connectivity index (χ4v) is 2.45. The summed E-state index contributed by atoms with van der Waals surface area (Å²) in [6.45, 7) is 4.88. The summed E-state index contributed by atoms with van der Waals surface area (Å²) in [4.78, 5) is 2.53. The summed E-state index contributed by atoms with van der Waals surface area (Å²) in [5.74, 6) is 0.876. The molecule has 0 spiro atoms. The van der Waals surface area contributed by atoms with Gasteiger partial charge in [-0.25, -0.2) is 0 Å². The highest BCUT2D eigenvalue weighted by atomic mass is 15.1. The summed E-state index contributed by atoms with van der Waals surface area (Å²) in [7, 11) is 4.30. The fraction of sp³-hybridized carbons (Fsp3) is 1.00. The van der Waals surface area contributed by atoms with Crippen LogP contribution < -0.4 is 5.32 Å². The van der Waals surface area contributed by atoms with Crippen LogP contribution in [-0.2, 0) is 0 Å². The van der Waals surface area contributed by atoms with E-state index in [9.17, 15) is 0 Å². The highest BCUT2D eigenvalue weighted by Gasteiger charge is 2.25. The van der Waals surface area contributed by atoms with Crippen molar-refractivity contribution in [1.29, 1.82) is 0 Å². The Kier molecular flexibility index (Phi) is 4.74. The molecule has 0 aliphatic carbocycles. The van der Waals surface area contributed by atoms with Crippen molar-refractivity contribution in [1.82, 2.24) is 10.2 Å². The molecule has 0 aromatic heterocycles. The summed E-state index contributed by atoms with van der Waals surface area (Å²) in [6.07, 6.45) is 5.51. The first kappa shape index (κ1) is 11.0. The van der Waals surface area contributed by atoms with E-state index in [-0.39, 0.29) is 0 Å². The molecule has 0 radical (unpaired) electrons. The van der Waals surface area contributed by atoms with E-state index in [2.05, 4.69) is 24.2 Å². The quantitative estimate of drug-likeness (QED) is 0.654. The maximum Gasteiger partial charge on any atom is 0.0118 e. The first-order chi connectivity index (χ1) is 6.25. The molecule has 2 atom stereocenters. The largest absolute Gasteiger partial charge is 0.320 e. The van der Waals surface area contributed by atoms with Crippen molar-refractivity contribution < 1.29 is 0 Å². The van der Waals surface area contributed by atoms with Gasteiger partial charge in [-0.2, -0.15) is 0 Å². The van der Waals surface area contributed by atoms with E-state index < -0.39 is 0 Å². The topological polar surface area (TPSA) is 15.3 Å². The molecule has 0 bridgehead atoms. The first-order valence-corrected chi connectivity index (χ1v) is 5.60. The zero-order valence-electron chi connectivity index (χ0n) is 9.34. The van der Waals surface area contributed by atoms with Crippen molar-refractivity contribution in [3.05, 3.63) is 0 Å². The molecule has 1 saturated heterocycles. The van der Waals surface area contributed by atoms with E-state index in [0.29, 0.717) is 0 Å². The number of hydrogen-bond acceptors (Lipinski definition) is 2. The predicted octanol–water partition coefficient (Wildman–Crippen LogP) is 1.72. The second kappa shape index (κ2) is 5.61. The maximum absolute atomic E-state index is 3.21. The fourth-order valence-electron chi connectivity index (χ4n) is 2.45. The van der Waals surface area contributed by atoms with Crippen molar-refractivity contribution in [3.8, 4) is 0 Å². The van der Waals surface area contributed by atoms with Gasteiger partial charge in [0.05, 0.1) is 0 Å². The van der Waals surface area contributed by atoms with Crippen LogP contribution in [0.5, 0.6) is 0 Å². The van der Waals surface area contributed by atoms with Crippen LogP contribution in [0.15, 0.2) is 0 Å². The lowest BCUT2D eigenvalue weighted by Gasteiger charge is -2.26. The molecule has 0 amide bonds. The summed E-state index contributed by atoms with van der Waals surface area (Å²) in [5.41, 5.74) is 0. The molecule has 13 heavy (non-hydrogen) atoms. The van der Waals surface area contributed by atoms with E-state index in [1.54, 1.807) is 0 Å². The second-order valence-electron chi connectivity index (χ2n) is 4.41. The Morgan fingerprint density at radius 1 is 1.54 bits per heavy atom. The van der Waals surface area contributed by atoms with Gasteiger partial charge >= 0.3 is 0 Å². The molecular formula is C11H24N2. The van der Waals surface area contributed by atoms with Crippen LogP contribution in [0.1, 0.15) is 32.6 Å². The smallest absolute Gasteiger partial charge is 0.0118 e. The molecule has 2 unspecified atom stereocenters. The van der Waals surface area contributed by atoms with Gasteiger partial charge in [0.2, 0.25) is 0 Å². The zero-order valence-corrected chi connectivity index (χ0v) is 9.34.